The van der Waals surface area contributed by atoms with Crippen molar-refractivity contribution in [1.82, 2.24) is 9.88 Å². The number of aromatic amines is 1. The van der Waals surface area contributed by atoms with Crippen LogP contribution in [-0.4, -0.2) is 41.5 Å². The predicted molar refractivity (Wildman–Crippen MR) is 113 cm³/mol. The van der Waals surface area contributed by atoms with Gasteiger partial charge in [0.2, 0.25) is 0 Å². The summed E-state index contributed by atoms with van der Waals surface area (Å²) in [5, 5.41) is 0.996. The average molecular weight is 390 g/mol. The molecule has 29 heavy (non-hydrogen) atoms. The molecule has 2 aliphatic heterocycles. The van der Waals surface area contributed by atoms with Crippen LogP contribution in [0.4, 0.5) is 0 Å². The molecular formula is C24H26N2O3. The molecular weight excluding hydrogens is 364 g/mol. The highest BCUT2D eigenvalue weighted by Crippen LogP contribution is 2.39. The summed E-state index contributed by atoms with van der Waals surface area (Å²) >= 11 is 0. The number of hydrogen-bond acceptors (Lipinski definition) is 4. The van der Waals surface area contributed by atoms with Gasteiger partial charge in [-0.15, -0.1) is 0 Å². The van der Waals surface area contributed by atoms with E-state index < -0.39 is 0 Å². The minimum absolute atomic E-state index is 0.170. The number of likely N-dealkylation sites (tertiary alicyclic amines) is 1. The quantitative estimate of drug-likeness (QED) is 0.654. The molecule has 1 fully saturated rings. The SMILES string of the molecule is C[C@H](C(=O)c1c[nH]c2ccccc12)N1CCC[C@H]1c1ccc2c(c1)OCCCO2. The van der Waals surface area contributed by atoms with E-state index in [2.05, 4.69) is 22.0 Å². The molecule has 5 heteroatoms. The zero-order valence-corrected chi connectivity index (χ0v) is 16.7. The van der Waals surface area contributed by atoms with Crippen LogP contribution in [0.1, 0.15) is 48.1 Å². The second-order valence-corrected chi connectivity index (χ2v) is 7.94. The third-order valence-electron chi connectivity index (χ3n) is 6.18. The summed E-state index contributed by atoms with van der Waals surface area (Å²) in [5.74, 6) is 1.81. The Hall–Kier alpha value is -2.79. The van der Waals surface area contributed by atoms with Gasteiger partial charge < -0.3 is 14.5 Å². The van der Waals surface area contributed by atoms with Gasteiger partial charge in [-0.2, -0.15) is 0 Å². The van der Waals surface area contributed by atoms with E-state index in [1.54, 1.807) is 0 Å². The number of H-pyrrole nitrogens is 1. The Morgan fingerprint density at radius 1 is 1.10 bits per heavy atom. The van der Waals surface area contributed by atoms with E-state index >= 15 is 0 Å². The second kappa shape index (κ2) is 7.56. The fourth-order valence-electron chi connectivity index (χ4n) is 4.65. The molecule has 1 saturated heterocycles. The number of carbonyl (C=O) groups is 1. The summed E-state index contributed by atoms with van der Waals surface area (Å²) in [6.07, 6.45) is 4.88. The molecule has 3 aromatic rings. The number of ether oxygens (including phenoxy) is 2. The zero-order chi connectivity index (χ0) is 19.8. The number of rotatable bonds is 4. The molecule has 0 spiro atoms. The molecule has 0 radical (unpaired) electrons. The Bertz CT molecular complexity index is 1040. The highest BCUT2D eigenvalue weighted by atomic mass is 16.5. The van der Waals surface area contributed by atoms with Crippen LogP contribution in [0.25, 0.3) is 10.9 Å². The van der Waals surface area contributed by atoms with Crippen molar-refractivity contribution in [2.45, 2.75) is 38.3 Å². The van der Waals surface area contributed by atoms with Crippen LogP contribution in [0.2, 0.25) is 0 Å². The lowest BCUT2D eigenvalue weighted by Crippen LogP contribution is -2.38. The number of ketones is 1. The van der Waals surface area contributed by atoms with E-state index in [4.69, 9.17) is 9.47 Å². The second-order valence-electron chi connectivity index (χ2n) is 7.94. The Morgan fingerprint density at radius 3 is 2.83 bits per heavy atom. The summed E-state index contributed by atoms with van der Waals surface area (Å²) in [5.41, 5.74) is 2.98. The van der Waals surface area contributed by atoms with Gasteiger partial charge in [-0.05, 0) is 50.1 Å². The van der Waals surface area contributed by atoms with Crippen molar-refractivity contribution in [1.29, 1.82) is 0 Å². The molecule has 3 heterocycles. The fourth-order valence-corrected chi connectivity index (χ4v) is 4.65. The molecule has 0 unspecified atom stereocenters. The van der Waals surface area contributed by atoms with Gasteiger partial charge in [-0.3, -0.25) is 9.69 Å². The lowest BCUT2D eigenvalue weighted by Gasteiger charge is -2.30. The molecule has 150 valence electrons. The number of Topliss-reactive ketones (excluding diaryl/α,β-unsaturated/α-hetero) is 1. The molecule has 0 aliphatic carbocycles. The van der Waals surface area contributed by atoms with Crippen molar-refractivity contribution in [3.05, 3.63) is 59.8 Å². The topological polar surface area (TPSA) is 54.6 Å². The van der Waals surface area contributed by atoms with Gasteiger partial charge in [-0.1, -0.05) is 24.3 Å². The molecule has 2 atom stereocenters. The Morgan fingerprint density at radius 2 is 1.93 bits per heavy atom. The monoisotopic (exact) mass is 390 g/mol. The molecule has 0 saturated carbocycles. The van der Waals surface area contributed by atoms with Gasteiger partial charge in [0.15, 0.2) is 17.3 Å². The van der Waals surface area contributed by atoms with Gasteiger partial charge in [0.1, 0.15) is 0 Å². The van der Waals surface area contributed by atoms with E-state index in [1.165, 1.54) is 5.56 Å². The van der Waals surface area contributed by atoms with E-state index in [-0.39, 0.29) is 17.9 Å². The van der Waals surface area contributed by atoms with Crippen LogP contribution < -0.4 is 9.47 Å². The number of nitrogens with zero attached hydrogens (tertiary/aromatic N) is 1. The van der Waals surface area contributed by atoms with Crippen LogP contribution in [0.15, 0.2) is 48.7 Å². The summed E-state index contributed by atoms with van der Waals surface area (Å²) in [6, 6.07) is 14.3. The summed E-state index contributed by atoms with van der Waals surface area (Å²) in [7, 11) is 0. The number of benzene rings is 2. The van der Waals surface area contributed by atoms with Crippen molar-refractivity contribution in [3.8, 4) is 11.5 Å². The van der Waals surface area contributed by atoms with Gasteiger partial charge in [0.25, 0.3) is 0 Å². The summed E-state index contributed by atoms with van der Waals surface area (Å²) in [6.45, 7) is 4.33. The van der Waals surface area contributed by atoms with E-state index in [0.717, 1.165) is 53.8 Å². The molecule has 0 bridgehead atoms. The predicted octanol–water partition coefficient (Wildman–Crippen LogP) is 4.74. The van der Waals surface area contributed by atoms with Crippen LogP contribution in [0.3, 0.4) is 0 Å². The molecule has 5 nitrogen and oxygen atoms in total. The lowest BCUT2D eigenvalue weighted by atomic mass is 9.99. The number of carbonyl (C=O) groups excluding carboxylic acids is 1. The minimum Gasteiger partial charge on any atom is -0.490 e. The molecule has 2 aromatic carbocycles. The minimum atomic E-state index is -0.183. The number of hydrogen-bond donors (Lipinski definition) is 1. The van der Waals surface area contributed by atoms with E-state index in [0.29, 0.717) is 13.2 Å². The number of aromatic nitrogens is 1. The average Bonchev–Trinajstić information content (AvgIpc) is 3.34. The number of fused-ring (bicyclic) bond motifs is 2. The molecule has 1 aromatic heterocycles. The maximum Gasteiger partial charge on any atom is 0.181 e. The first-order valence-electron chi connectivity index (χ1n) is 10.5. The molecule has 1 N–H and O–H groups in total. The van der Waals surface area contributed by atoms with Gasteiger partial charge in [-0.25, -0.2) is 0 Å². The Labute approximate surface area is 170 Å². The zero-order valence-electron chi connectivity index (χ0n) is 16.7. The molecule has 0 amide bonds. The van der Waals surface area contributed by atoms with Crippen molar-refractivity contribution in [2.75, 3.05) is 19.8 Å². The van der Waals surface area contributed by atoms with Crippen LogP contribution >= 0.6 is 0 Å². The van der Waals surface area contributed by atoms with Crippen LogP contribution in [0.5, 0.6) is 11.5 Å². The maximum atomic E-state index is 13.4. The number of para-hydroxylation sites is 1. The van der Waals surface area contributed by atoms with Gasteiger partial charge >= 0.3 is 0 Å². The van der Waals surface area contributed by atoms with Gasteiger partial charge in [0.05, 0.1) is 19.3 Å². The summed E-state index contributed by atoms with van der Waals surface area (Å²) < 4.78 is 11.7. The maximum absolute atomic E-state index is 13.4. The van der Waals surface area contributed by atoms with Crippen LogP contribution in [0, 0.1) is 0 Å². The van der Waals surface area contributed by atoms with E-state index in [9.17, 15) is 4.79 Å². The van der Waals surface area contributed by atoms with Crippen molar-refractivity contribution < 1.29 is 14.3 Å². The number of nitrogens with one attached hydrogen (secondary N) is 1. The largest absolute Gasteiger partial charge is 0.490 e. The first kappa shape index (κ1) is 18.3. The third-order valence-corrected chi connectivity index (χ3v) is 6.18. The standard InChI is InChI=1S/C24H26N2O3/c1-16(24(27)19-15-25-20-7-3-2-6-18(19)20)26-11-4-8-21(26)17-9-10-22-23(14-17)29-13-5-12-28-22/h2-3,6-7,9-10,14-16,21,25H,4-5,8,11-13H2,1H3/t16-,21+/m1/s1. The summed E-state index contributed by atoms with van der Waals surface area (Å²) in [4.78, 5) is 18.9. The normalized spacial score (nSPS) is 20.5. The Kier molecular flexibility index (Phi) is 4.76. The van der Waals surface area contributed by atoms with Crippen molar-refractivity contribution in [2.24, 2.45) is 0 Å². The van der Waals surface area contributed by atoms with Crippen LogP contribution in [-0.2, 0) is 0 Å². The molecule has 2 aliphatic rings. The smallest absolute Gasteiger partial charge is 0.181 e. The van der Waals surface area contributed by atoms with E-state index in [1.807, 2.05) is 43.5 Å². The molecule has 5 rings (SSSR count). The van der Waals surface area contributed by atoms with Crippen molar-refractivity contribution in [3.63, 3.8) is 0 Å². The lowest BCUT2D eigenvalue weighted by molar-refractivity contribution is 0.0821. The highest BCUT2D eigenvalue weighted by Gasteiger charge is 2.34. The highest BCUT2D eigenvalue weighted by molar-refractivity contribution is 6.10. The van der Waals surface area contributed by atoms with Crippen molar-refractivity contribution >= 4 is 16.7 Å². The fraction of sp³-hybridized carbons (Fsp3) is 0.375. The van der Waals surface area contributed by atoms with Gasteiger partial charge in [0, 0.05) is 35.1 Å². The first-order chi connectivity index (χ1) is 14.2. The first-order valence-corrected chi connectivity index (χ1v) is 10.5. The Balaban J connectivity index is 1.42. The third kappa shape index (κ3) is 3.29.